The zero-order valence-corrected chi connectivity index (χ0v) is 11.3. The molecule has 0 aliphatic heterocycles. The highest BCUT2D eigenvalue weighted by Crippen LogP contribution is 2.40. The number of rotatable bonds is 1. The number of nitrogens with two attached hydrogens (primary N) is 1. The van der Waals surface area contributed by atoms with Gasteiger partial charge in [0, 0.05) is 43.5 Å². The van der Waals surface area contributed by atoms with Gasteiger partial charge < -0.3 is 5.73 Å². The number of amides is 1. The lowest BCUT2D eigenvalue weighted by Gasteiger charge is -2.04. The largest absolute Gasteiger partial charge is 0.366 e. The van der Waals surface area contributed by atoms with E-state index in [9.17, 15) is 4.79 Å². The summed E-state index contributed by atoms with van der Waals surface area (Å²) in [5, 5.41) is 4.08. The van der Waals surface area contributed by atoms with Crippen LogP contribution in [0, 0.1) is 0 Å². The van der Waals surface area contributed by atoms with Crippen LogP contribution in [0.15, 0.2) is 48.8 Å². The summed E-state index contributed by atoms with van der Waals surface area (Å²) in [7, 11) is 0. The van der Waals surface area contributed by atoms with E-state index in [0.29, 0.717) is 5.56 Å². The van der Waals surface area contributed by atoms with Crippen LogP contribution in [0.5, 0.6) is 0 Å². The summed E-state index contributed by atoms with van der Waals surface area (Å²) < 4.78 is 2.23. The van der Waals surface area contributed by atoms with Crippen molar-refractivity contribution >= 4 is 48.2 Å². The number of carbonyl (C=O) groups is 1. The molecule has 0 aliphatic rings. The number of aromatic nitrogens is 1. The molecule has 20 heavy (non-hydrogen) atoms. The molecule has 1 amide bonds. The number of pyridine rings is 1. The van der Waals surface area contributed by atoms with Gasteiger partial charge in [0.1, 0.15) is 0 Å². The van der Waals surface area contributed by atoms with E-state index in [0.717, 1.165) is 30.9 Å². The highest BCUT2D eigenvalue weighted by Gasteiger charge is 2.15. The van der Waals surface area contributed by atoms with Gasteiger partial charge in [0.25, 0.3) is 0 Å². The van der Waals surface area contributed by atoms with Crippen LogP contribution in [-0.2, 0) is 0 Å². The molecule has 0 radical (unpaired) electrons. The van der Waals surface area contributed by atoms with Gasteiger partial charge in [0.05, 0.1) is 0 Å². The first-order valence-corrected chi connectivity index (χ1v) is 7.05. The summed E-state index contributed by atoms with van der Waals surface area (Å²) in [4.78, 5) is 16.0. The molecule has 4 aromatic rings. The van der Waals surface area contributed by atoms with Crippen LogP contribution in [0.4, 0.5) is 0 Å². The second kappa shape index (κ2) is 4.02. The molecule has 3 nitrogen and oxygen atoms in total. The van der Waals surface area contributed by atoms with E-state index in [4.69, 9.17) is 5.73 Å². The van der Waals surface area contributed by atoms with Crippen molar-refractivity contribution in [2.75, 3.05) is 0 Å². The number of benzene rings is 2. The number of thiophene rings is 1. The fraction of sp³-hybridized carbons (Fsp3) is 0. The van der Waals surface area contributed by atoms with Gasteiger partial charge in [-0.2, -0.15) is 0 Å². The first-order valence-electron chi connectivity index (χ1n) is 6.23. The normalized spacial score (nSPS) is 11.4. The summed E-state index contributed by atoms with van der Waals surface area (Å²) >= 11 is 1.67. The van der Waals surface area contributed by atoms with Crippen molar-refractivity contribution < 1.29 is 4.79 Å². The molecule has 0 saturated carbocycles. The topological polar surface area (TPSA) is 56.0 Å². The molecule has 2 aromatic heterocycles. The number of hydrogen-bond acceptors (Lipinski definition) is 3. The first kappa shape index (κ1) is 11.4. The third kappa shape index (κ3) is 1.45. The maximum atomic E-state index is 11.8. The number of hydrogen-bond donors (Lipinski definition) is 1. The zero-order chi connectivity index (χ0) is 13.7. The summed E-state index contributed by atoms with van der Waals surface area (Å²) in [6, 6.07) is 11.8. The van der Waals surface area contributed by atoms with E-state index >= 15 is 0 Å². The van der Waals surface area contributed by atoms with Gasteiger partial charge in [-0.25, -0.2) is 0 Å². The standard InChI is InChI=1S/C16H10N2OS/c17-16(19)11-7-9-5-6-18-8-12(9)15-14(11)10-3-1-2-4-13(10)20-15/h1-8H,(H2,17,19). The van der Waals surface area contributed by atoms with E-state index in [1.807, 2.05) is 36.5 Å². The van der Waals surface area contributed by atoms with Crippen molar-refractivity contribution in [3.8, 4) is 0 Å². The third-order valence-electron chi connectivity index (χ3n) is 3.53. The van der Waals surface area contributed by atoms with E-state index in [1.54, 1.807) is 17.5 Å². The molecule has 0 aliphatic carbocycles. The molecule has 0 fully saturated rings. The molecule has 0 spiro atoms. The summed E-state index contributed by atoms with van der Waals surface area (Å²) in [6.45, 7) is 0. The molecule has 2 aromatic carbocycles. The third-order valence-corrected chi connectivity index (χ3v) is 4.73. The maximum Gasteiger partial charge on any atom is 0.249 e. The van der Waals surface area contributed by atoms with E-state index in [2.05, 4.69) is 11.1 Å². The Labute approximate surface area is 118 Å². The van der Waals surface area contributed by atoms with Crippen molar-refractivity contribution in [2.45, 2.75) is 0 Å². The molecule has 96 valence electrons. The van der Waals surface area contributed by atoms with Crippen LogP contribution >= 0.6 is 11.3 Å². The number of primary amides is 1. The van der Waals surface area contributed by atoms with Crippen molar-refractivity contribution in [2.24, 2.45) is 5.73 Å². The Bertz CT molecular complexity index is 988. The van der Waals surface area contributed by atoms with Crippen LogP contribution in [0.25, 0.3) is 30.9 Å². The van der Waals surface area contributed by atoms with E-state index in [-0.39, 0.29) is 0 Å². The number of carbonyl (C=O) groups excluding carboxylic acids is 1. The predicted molar refractivity (Wildman–Crippen MR) is 83.1 cm³/mol. The van der Waals surface area contributed by atoms with Gasteiger partial charge in [-0.05, 0) is 23.6 Å². The second-order valence-corrected chi connectivity index (χ2v) is 5.74. The average Bonchev–Trinajstić information content (AvgIpc) is 2.86. The Morgan fingerprint density at radius 1 is 1.15 bits per heavy atom. The van der Waals surface area contributed by atoms with Crippen LogP contribution in [0.1, 0.15) is 10.4 Å². The molecule has 4 heteroatoms. The lowest BCUT2D eigenvalue weighted by molar-refractivity contribution is 0.100. The smallest absolute Gasteiger partial charge is 0.249 e. The summed E-state index contributed by atoms with van der Waals surface area (Å²) in [6.07, 6.45) is 3.57. The minimum atomic E-state index is -0.391. The first-order chi connectivity index (χ1) is 9.75. The second-order valence-electron chi connectivity index (χ2n) is 4.69. The maximum absolute atomic E-state index is 11.8. The van der Waals surface area contributed by atoms with Crippen LogP contribution in [0.3, 0.4) is 0 Å². The van der Waals surface area contributed by atoms with Crippen molar-refractivity contribution in [1.29, 1.82) is 0 Å². The van der Waals surface area contributed by atoms with E-state index in [1.165, 1.54) is 0 Å². The van der Waals surface area contributed by atoms with Gasteiger partial charge in [-0.15, -0.1) is 11.3 Å². The van der Waals surface area contributed by atoms with Crippen LogP contribution in [-0.4, -0.2) is 10.9 Å². The molecular weight excluding hydrogens is 268 g/mol. The molecule has 4 rings (SSSR count). The Hall–Kier alpha value is -2.46. The lowest BCUT2D eigenvalue weighted by Crippen LogP contribution is -2.11. The Morgan fingerprint density at radius 2 is 2.00 bits per heavy atom. The Morgan fingerprint density at radius 3 is 2.85 bits per heavy atom. The minimum Gasteiger partial charge on any atom is -0.366 e. The molecule has 2 heterocycles. The van der Waals surface area contributed by atoms with Gasteiger partial charge >= 0.3 is 0 Å². The monoisotopic (exact) mass is 278 g/mol. The molecule has 0 unspecified atom stereocenters. The van der Waals surface area contributed by atoms with Gasteiger partial charge in [-0.3, -0.25) is 9.78 Å². The van der Waals surface area contributed by atoms with Gasteiger partial charge in [0.15, 0.2) is 0 Å². The average molecular weight is 278 g/mol. The predicted octanol–water partition coefficient (Wildman–Crippen LogP) is 3.70. The molecule has 0 atom stereocenters. The molecule has 2 N–H and O–H groups in total. The summed E-state index contributed by atoms with van der Waals surface area (Å²) in [5.74, 6) is -0.391. The fourth-order valence-corrected chi connectivity index (χ4v) is 3.89. The molecular formula is C16H10N2OS. The SMILES string of the molecule is NC(=O)c1cc2ccncc2c2sc3ccccc3c12. The van der Waals surface area contributed by atoms with Crippen LogP contribution < -0.4 is 5.73 Å². The lowest BCUT2D eigenvalue weighted by atomic mass is 10.0. The van der Waals surface area contributed by atoms with Crippen molar-refractivity contribution in [1.82, 2.24) is 4.98 Å². The van der Waals surface area contributed by atoms with Crippen LogP contribution in [0.2, 0.25) is 0 Å². The Balaban J connectivity index is 2.36. The number of fused-ring (bicyclic) bond motifs is 5. The highest BCUT2D eigenvalue weighted by atomic mass is 32.1. The quantitative estimate of drug-likeness (QED) is 0.577. The zero-order valence-electron chi connectivity index (χ0n) is 10.5. The van der Waals surface area contributed by atoms with E-state index < -0.39 is 5.91 Å². The van der Waals surface area contributed by atoms with Gasteiger partial charge in [0.2, 0.25) is 5.91 Å². The van der Waals surface area contributed by atoms with Gasteiger partial charge in [-0.1, -0.05) is 18.2 Å². The number of nitrogens with zero attached hydrogens (tertiary/aromatic N) is 1. The van der Waals surface area contributed by atoms with Crippen molar-refractivity contribution in [3.05, 3.63) is 54.4 Å². The minimum absolute atomic E-state index is 0.391. The summed E-state index contributed by atoms with van der Waals surface area (Å²) in [5.41, 5.74) is 6.15. The fourth-order valence-electron chi connectivity index (χ4n) is 2.65. The Kier molecular flexibility index (Phi) is 2.28. The molecule has 0 bridgehead atoms. The highest BCUT2D eigenvalue weighted by molar-refractivity contribution is 7.26. The molecule has 0 saturated heterocycles. The van der Waals surface area contributed by atoms with Crippen molar-refractivity contribution in [3.63, 3.8) is 0 Å².